The topological polar surface area (TPSA) is 52.9 Å². The van der Waals surface area contributed by atoms with Crippen molar-refractivity contribution in [3.63, 3.8) is 0 Å². The average molecular weight is 289 g/mol. The number of hydrogen-bond acceptors (Lipinski definition) is 2. The monoisotopic (exact) mass is 288 g/mol. The maximum atomic E-state index is 13.5. The van der Waals surface area contributed by atoms with Crippen LogP contribution in [0.25, 0.3) is 0 Å². The van der Waals surface area contributed by atoms with Gasteiger partial charge in [-0.2, -0.15) is 5.26 Å². The summed E-state index contributed by atoms with van der Waals surface area (Å²) in [6.07, 6.45) is 0. The Morgan fingerprint density at radius 3 is 2.85 bits per heavy atom. The van der Waals surface area contributed by atoms with Gasteiger partial charge in [-0.25, -0.2) is 4.39 Å². The van der Waals surface area contributed by atoms with Gasteiger partial charge in [-0.05, 0) is 36.4 Å². The first-order chi connectivity index (χ1) is 9.60. The van der Waals surface area contributed by atoms with Crippen LogP contribution < -0.4 is 5.32 Å². The summed E-state index contributed by atoms with van der Waals surface area (Å²) in [6, 6.07) is 12.4. The van der Waals surface area contributed by atoms with Gasteiger partial charge in [0, 0.05) is 22.7 Å². The van der Waals surface area contributed by atoms with E-state index in [1.807, 2.05) is 6.07 Å². The fraction of sp³-hybridized carbons (Fsp3) is 0.0667. The van der Waals surface area contributed by atoms with Crippen LogP contribution >= 0.6 is 11.6 Å². The van der Waals surface area contributed by atoms with Gasteiger partial charge in [0.2, 0.25) is 0 Å². The molecule has 0 heterocycles. The predicted octanol–water partition coefficient (Wildman–Crippen LogP) is 3.28. The summed E-state index contributed by atoms with van der Waals surface area (Å²) in [6.45, 7) is 0.0298. The van der Waals surface area contributed by atoms with Crippen molar-refractivity contribution in [2.24, 2.45) is 0 Å². The van der Waals surface area contributed by atoms with E-state index in [-0.39, 0.29) is 12.5 Å². The minimum atomic E-state index is -0.430. The van der Waals surface area contributed by atoms with Crippen molar-refractivity contribution >= 4 is 17.5 Å². The molecule has 0 atom stereocenters. The molecule has 100 valence electrons. The Morgan fingerprint density at radius 1 is 1.30 bits per heavy atom. The van der Waals surface area contributed by atoms with Gasteiger partial charge in [0.05, 0.1) is 11.6 Å². The standard InChI is InChI=1S/C15H10ClFN2O/c16-13-4-5-14(17)12(7-13)9-19-15(20)11-3-1-2-10(6-11)8-18/h1-7H,9H2,(H,19,20). The Labute approximate surface area is 120 Å². The summed E-state index contributed by atoms with van der Waals surface area (Å²) in [5.41, 5.74) is 1.06. The van der Waals surface area contributed by atoms with Crippen LogP contribution in [0.3, 0.4) is 0 Å². The second-order valence-corrected chi connectivity index (χ2v) is 4.55. The summed E-state index contributed by atoms with van der Waals surface area (Å²) in [4.78, 5) is 11.9. The SMILES string of the molecule is N#Cc1cccc(C(=O)NCc2cc(Cl)ccc2F)c1. The Balaban J connectivity index is 2.09. The zero-order chi connectivity index (χ0) is 14.5. The smallest absolute Gasteiger partial charge is 0.251 e. The minimum absolute atomic E-state index is 0.0298. The number of rotatable bonds is 3. The second-order valence-electron chi connectivity index (χ2n) is 4.11. The van der Waals surface area contributed by atoms with Gasteiger partial charge in [-0.15, -0.1) is 0 Å². The van der Waals surface area contributed by atoms with Crippen LogP contribution in [0.1, 0.15) is 21.5 Å². The molecule has 0 spiro atoms. The van der Waals surface area contributed by atoms with E-state index in [4.69, 9.17) is 16.9 Å². The van der Waals surface area contributed by atoms with Crippen molar-refractivity contribution in [2.45, 2.75) is 6.54 Å². The first-order valence-corrected chi connectivity index (χ1v) is 6.20. The largest absolute Gasteiger partial charge is 0.348 e. The lowest BCUT2D eigenvalue weighted by atomic mass is 10.1. The number of halogens is 2. The molecule has 2 rings (SSSR count). The van der Waals surface area contributed by atoms with Crippen molar-refractivity contribution in [2.75, 3.05) is 0 Å². The molecule has 0 unspecified atom stereocenters. The third kappa shape index (κ3) is 3.34. The lowest BCUT2D eigenvalue weighted by Crippen LogP contribution is -2.23. The maximum absolute atomic E-state index is 13.5. The lowest BCUT2D eigenvalue weighted by Gasteiger charge is -2.07. The van der Waals surface area contributed by atoms with E-state index in [9.17, 15) is 9.18 Å². The number of carbonyl (C=O) groups is 1. The molecule has 1 N–H and O–H groups in total. The molecule has 0 saturated heterocycles. The van der Waals surface area contributed by atoms with E-state index < -0.39 is 5.82 Å². The molecule has 2 aromatic carbocycles. The van der Waals surface area contributed by atoms with Gasteiger partial charge >= 0.3 is 0 Å². The highest BCUT2D eigenvalue weighted by Crippen LogP contribution is 2.14. The van der Waals surface area contributed by atoms with E-state index in [0.29, 0.717) is 21.7 Å². The predicted molar refractivity (Wildman–Crippen MR) is 73.7 cm³/mol. The summed E-state index contributed by atoms with van der Waals surface area (Å²) >= 11 is 5.77. The van der Waals surface area contributed by atoms with Crippen LogP contribution in [0.15, 0.2) is 42.5 Å². The number of nitriles is 1. The fourth-order valence-electron chi connectivity index (χ4n) is 1.69. The van der Waals surface area contributed by atoms with Crippen molar-refractivity contribution < 1.29 is 9.18 Å². The Kier molecular flexibility index (Phi) is 4.34. The van der Waals surface area contributed by atoms with Gasteiger partial charge in [-0.1, -0.05) is 17.7 Å². The molecule has 0 aliphatic carbocycles. The van der Waals surface area contributed by atoms with Gasteiger partial charge in [-0.3, -0.25) is 4.79 Å². The molecule has 1 amide bonds. The third-order valence-corrected chi connectivity index (χ3v) is 2.94. The van der Waals surface area contributed by atoms with E-state index in [0.717, 1.165) is 0 Å². The minimum Gasteiger partial charge on any atom is -0.348 e. The summed E-state index contributed by atoms with van der Waals surface area (Å²) in [5, 5.41) is 11.8. The van der Waals surface area contributed by atoms with Gasteiger partial charge in [0.25, 0.3) is 5.91 Å². The fourth-order valence-corrected chi connectivity index (χ4v) is 1.88. The zero-order valence-electron chi connectivity index (χ0n) is 10.4. The third-order valence-electron chi connectivity index (χ3n) is 2.70. The Morgan fingerprint density at radius 2 is 2.10 bits per heavy atom. The van der Waals surface area contributed by atoms with Crippen LogP contribution in [0, 0.1) is 17.1 Å². The molecule has 0 saturated carbocycles. The van der Waals surface area contributed by atoms with Crippen LogP contribution in [-0.4, -0.2) is 5.91 Å². The molecular formula is C15H10ClFN2O. The maximum Gasteiger partial charge on any atom is 0.251 e. The van der Waals surface area contributed by atoms with Crippen molar-refractivity contribution in [3.8, 4) is 6.07 Å². The van der Waals surface area contributed by atoms with Crippen LogP contribution in [0.2, 0.25) is 5.02 Å². The molecule has 20 heavy (non-hydrogen) atoms. The first kappa shape index (κ1) is 14.0. The molecule has 0 bridgehead atoms. The lowest BCUT2D eigenvalue weighted by molar-refractivity contribution is 0.0950. The summed E-state index contributed by atoms with van der Waals surface area (Å²) in [5.74, 6) is -0.804. The molecule has 5 heteroatoms. The molecule has 3 nitrogen and oxygen atoms in total. The highest BCUT2D eigenvalue weighted by Gasteiger charge is 2.08. The van der Waals surface area contributed by atoms with Crippen LogP contribution in [0.5, 0.6) is 0 Å². The average Bonchev–Trinajstić information content (AvgIpc) is 2.48. The number of nitrogens with zero attached hydrogens (tertiary/aromatic N) is 1. The first-order valence-electron chi connectivity index (χ1n) is 5.82. The van der Waals surface area contributed by atoms with E-state index >= 15 is 0 Å². The van der Waals surface area contributed by atoms with Gasteiger partial charge < -0.3 is 5.32 Å². The van der Waals surface area contributed by atoms with Crippen molar-refractivity contribution in [3.05, 3.63) is 70.0 Å². The zero-order valence-corrected chi connectivity index (χ0v) is 11.1. The summed E-state index contributed by atoms with van der Waals surface area (Å²) < 4.78 is 13.5. The number of hydrogen-bond donors (Lipinski definition) is 1. The Hall–Kier alpha value is -2.38. The van der Waals surface area contributed by atoms with E-state index in [1.165, 1.54) is 24.3 Å². The van der Waals surface area contributed by atoms with Gasteiger partial charge in [0.15, 0.2) is 0 Å². The molecule has 0 fully saturated rings. The molecule has 2 aromatic rings. The number of carbonyl (C=O) groups excluding carboxylic acids is 1. The summed E-state index contributed by atoms with van der Waals surface area (Å²) in [7, 11) is 0. The molecular weight excluding hydrogens is 279 g/mol. The quantitative estimate of drug-likeness (QED) is 0.942. The highest BCUT2D eigenvalue weighted by atomic mass is 35.5. The highest BCUT2D eigenvalue weighted by molar-refractivity contribution is 6.30. The normalized spacial score (nSPS) is 9.85. The number of benzene rings is 2. The van der Waals surface area contributed by atoms with Crippen LogP contribution in [-0.2, 0) is 6.54 Å². The van der Waals surface area contributed by atoms with E-state index in [1.54, 1.807) is 18.2 Å². The van der Waals surface area contributed by atoms with Gasteiger partial charge in [0.1, 0.15) is 5.82 Å². The molecule has 0 aromatic heterocycles. The Bertz CT molecular complexity index is 695. The molecule has 0 radical (unpaired) electrons. The molecule has 0 aliphatic heterocycles. The number of amides is 1. The van der Waals surface area contributed by atoms with Crippen molar-refractivity contribution in [1.82, 2.24) is 5.32 Å². The second kappa shape index (κ2) is 6.18. The van der Waals surface area contributed by atoms with Crippen LogP contribution in [0.4, 0.5) is 4.39 Å². The van der Waals surface area contributed by atoms with E-state index in [2.05, 4.69) is 5.32 Å². The molecule has 0 aliphatic rings. The number of nitrogens with one attached hydrogen (secondary N) is 1. The van der Waals surface area contributed by atoms with Crippen molar-refractivity contribution in [1.29, 1.82) is 5.26 Å².